The summed E-state index contributed by atoms with van der Waals surface area (Å²) in [6.07, 6.45) is 3.41. The first-order valence-electron chi connectivity index (χ1n) is 7.54. The molecule has 3 N–H and O–H groups in total. The molecule has 1 fully saturated rings. The smallest absolute Gasteiger partial charge is 0.251 e. The molecule has 1 aromatic carbocycles. The van der Waals surface area contributed by atoms with E-state index in [0.717, 1.165) is 17.5 Å². The number of carbonyl (C=O) groups is 1. The maximum atomic E-state index is 12.5. The molecule has 0 aliphatic heterocycles. The van der Waals surface area contributed by atoms with Crippen molar-refractivity contribution in [2.24, 2.45) is 11.1 Å². The maximum absolute atomic E-state index is 12.5. The fraction of sp³-hybridized carbons (Fsp3) is 0.500. The Morgan fingerprint density at radius 3 is 2.81 bits per heavy atom. The van der Waals surface area contributed by atoms with Crippen molar-refractivity contribution in [1.82, 2.24) is 5.32 Å². The zero-order valence-corrected chi connectivity index (χ0v) is 13.1. The number of hydrogen-bond acceptors (Lipinski definition) is 2. The predicted molar refractivity (Wildman–Crippen MR) is 86.0 cm³/mol. The highest BCUT2D eigenvalue weighted by molar-refractivity contribution is 5.95. The molecule has 1 aromatic rings. The van der Waals surface area contributed by atoms with E-state index in [9.17, 15) is 4.79 Å². The summed E-state index contributed by atoms with van der Waals surface area (Å²) < 4.78 is 0. The van der Waals surface area contributed by atoms with Gasteiger partial charge in [0.15, 0.2) is 0 Å². The third-order valence-electron chi connectivity index (χ3n) is 4.24. The number of amides is 1. The maximum Gasteiger partial charge on any atom is 0.251 e. The molecule has 1 atom stereocenters. The topological polar surface area (TPSA) is 55.1 Å². The summed E-state index contributed by atoms with van der Waals surface area (Å²) in [5.41, 5.74) is 8.14. The standard InChI is InChI=1S/C18H24N2O/c1-13-10-14(6-5-9-19)12-15(11-13)17(21)20-16-7-4-8-18(16,2)3/h10-12,16H,4,7-9,19H2,1-3H3,(H,20,21). The van der Waals surface area contributed by atoms with Gasteiger partial charge in [-0.05, 0) is 48.9 Å². The van der Waals surface area contributed by atoms with Crippen molar-refractivity contribution < 1.29 is 4.79 Å². The quantitative estimate of drug-likeness (QED) is 0.820. The Morgan fingerprint density at radius 1 is 1.43 bits per heavy atom. The molecule has 0 bridgehead atoms. The lowest BCUT2D eigenvalue weighted by atomic mass is 9.87. The van der Waals surface area contributed by atoms with Crippen molar-refractivity contribution in [3.05, 3.63) is 34.9 Å². The van der Waals surface area contributed by atoms with Crippen LogP contribution < -0.4 is 11.1 Å². The van der Waals surface area contributed by atoms with Crippen molar-refractivity contribution in [3.8, 4) is 11.8 Å². The zero-order valence-electron chi connectivity index (χ0n) is 13.1. The lowest BCUT2D eigenvalue weighted by Gasteiger charge is -2.27. The van der Waals surface area contributed by atoms with E-state index in [1.807, 2.05) is 25.1 Å². The van der Waals surface area contributed by atoms with E-state index in [4.69, 9.17) is 5.73 Å². The number of benzene rings is 1. The second-order valence-electron chi connectivity index (χ2n) is 6.50. The fourth-order valence-corrected chi connectivity index (χ4v) is 2.98. The number of nitrogens with two attached hydrogens (primary N) is 1. The van der Waals surface area contributed by atoms with Crippen LogP contribution in [-0.2, 0) is 0 Å². The van der Waals surface area contributed by atoms with Crippen molar-refractivity contribution in [2.75, 3.05) is 6.54 Å². The molecule has 0 spiro atoms. The minimum absolute atomic E-state index is 0.00512. The molecule has 3 nitrogen and oxygen atoms in total. The molecule has 21 heavy (non-hydrogen) atoms. The third-order valence-corrected chi connectivity index (χ3v) is 4.24. The summed E-state index contributed by atoms with van der Waals surface area (Å²) in [7, 11) is 0. The van der Waals surface area contributed by atoms with Gasteiger partial charge in [0.05, 0.1) is 6.54 Å². The Balaban J connectivity index is 2.17. The van der Waals surface area contributed by atoms with Crippen LogP contribution in [0.3, 0.4) is 0 Å². The van der Waals surface area contributed by atoms with E-state index in [2.05, 4.69) is 31.0 Å². The van der Waals surface area contributed by atoms with Crippen LogP contribution in [0.25, 0.3) is 0 Å². The first-order chi connectivity index (χ1) is 9.92. The highest BCUT2D eigenvalue weighted by Gasteiger charge is 2.35. The van der Waals surface area contributed by atoms with Crippen LogP contribution >= 0.6 is 0 Å². The van der Waals surface area contributed by atoms with E-state index >= 15 is 0 Å². The van der Waals surface area contributed by atoms with Gasteiger partial charge >= 0.3 is 0 Å². The second-order valence-corrected chi connectivity index (χ2v) is 6.50. The molecule has 2 rings (SSSR count). The molecule has 0 radical (unpaired) electrons. The molecule has 0 heterocycles. The molecule has 3 heteroatoms. The van der Waals surface area contributed by atoms with Gasteiger partial charge in [0.25, 0.3) is 5.91 Å². The lowest BCUT2D eigenvalue weighted by Crippen LogP contribution is -2.41. The molecule has 1 amide bonds. The van der Waals surface area contributed by atoms with Crippen molar-refractivity contribution >= 4 is 5.91 Å². The minimum atomic E-state index is -0.00512. The van der Waals surface area contributed by atoms with Crippen molar-refractivity contribution in [3.63, 3.8) is 0 Å². The molecule has 1 aliphatic carbocycles. The van der Waals surface area contributed by atoms with Gasteiger partial charge in [0, 0.05) is 17.2 Å². The van der Waals surface area contributed by atoms with Crippen LogP contribution in [0.1, 0.15) is 54.6 Å². The van der Waals surface area contributed by atoms with Gasteiger partial charge in [-0.15, -0.1) is 0 Å². The van der Waals surface area contributed by atoms with Crippen LogP contribution in [0.5, 0.6) is 0 Å². The summed E-state index contributed by atoms with van der Waals surface area (Å²) in [5.74, 6) is 5.82. The minimum Gasteiger partial charge on any atom is -0.349 e. The van der Waals surface area contributed by atoms with Gasteiger partial charge in [-0.2, -0.15) is 0 Å². The first kappa shape index (κ1) is 15.6. The van der Waals surface area contributed by atoms with Crippen LogP contribution in [0.2, 0.25) is 0 Å². The number of aryl methyl sites for hydroxylation is 1. The fourth-order valence-electron chi connectivity index (χ4n) is 2.98. The normalized spacial score (nSPS) is 19.7. The van der Waals surface area contributed by atoms with Crippen molar-refractivity contribution in [2.45, 2.75) is 46.1 Å². The SMILES string of the molecule is Cc1cc(C#CCN)cc(C(=O)NC2CCCC2(C)C)c1. The Kier molecular flexibility index (Phi) is 4.69. The summed E-state index contributed by atoms with van der Waals surface area (Å²) in [5, 5.41) is 3.18. The number of nitrogens with one attached hydrogen (secondary N) is 1. The Bertz CT molecular complexity index is 593. The highest BCUT2D eigenvalue weighted by Crippen LogP contribution is 2.37. The third kappa shape index (κ3) is 3.86. The van der Waals surface area contributed by atoms with Gasteiger partial charge in [-0.3, -0.25) is 4.79 Å². The van der Waals surface area contributed by atoms with Crippen LogP contribution in [0.4, 0.5) is 0 Å². The van der Waals surface area contributed by atoms with Gasteiger partial charge in [-0.25, -0.2) is 0 Å². The number of rotatable bonds is 2. The first-order valence-corrected chi connectivity index (χ1v) is 7.54. The largest absolute Gasteiger partial charge is 0.349 e. The molecule has 1 unspecified atom stereocenters. The molecule has 0 aromatic heterocycles. The highest BCUT2D eigenvalue weighted by atomic mass is 16.1. The van der Waals surface area contributed by atoms with Crippen LogP contribution in [0, 0.1) is 24.2 Å². The van der Waals surface area contributed by atoms with Crippen LogP contribution in [0.15, 0.2) is 18.2 Å². The summed E-state index contributed by atoms with van der Waals surface area (Å²) >= 11 is 0. The zero-order chi connectivity index (χ0) is 15.5. The van der Waals surface area contributed by atoms with E-state index in [1.54, 1.807) is 0 Å². The Hall–Kier alpha value is -1.79. The number of carbonyl (C=O) groups excluding carboxylic acids is 1. The van der Waals surface area contributed by atoms with E-state index in [0.29, 0.717) is 12.1 Å². The lowest BCUT2D eigenvalue weighted by molar-refractivity contribution is 0.0910. The average Bonchev–Trinajstić information content (AvgIpc) is 2.75. The van der Waals surface area contributed by atoms with E-state index < -0.39 is 0 Å². The van der Waals surface area contributed by atoms with Gasteiger partial charge in [-0.1, -0.05) is 32.1 Å². The molecular weight excluding hydrogens is 260 g/mol. The molecule has 112 valence electrons. The summed E-state index contributed by atoms with van der Waals surface area (Å²) in [6, 6.07) is 5.97. The Labute approximate surface area is 127 Å². The molecule has 1 saturated carbocycles. The van der Waals surface area contributed by atoms with Gasteiger partial charge in [0.2, 0.25) is 0 Å². The second kappa shape index (κ2) is 6.32. The van der Waals surface area contributed by atoms with E-state index in [-0.39, 0.29) is 17.4 Å². The molecule has 1 aliphatic rings. The van der Waals surface area contributed by atoms with Crippen LogP contribution in [-0.4, -0.2) is 18.5 Å². The number of hydrogen-bond donors (Lipinski definition) is 2. The summed E-state index contributed by atoms with van der Waals surface area (Å²) in [4.78, 5) is 12.5. The van der Waals surface area contributed by atoms with E-state index in [1.165, 1.54) is 12.8 Å². The monoisotopic (exact) mass is 284 g/mol. The predicted octanol–water partition coefficient (Wildman–Crippen LogP) is 2.61. The van der Waals surface area contributed by atoms with Gasteiger partial charge in [0.1, 0.15) is 0 Å². The van der Waals surface area contributed by atoms with Gasteiger partial charge < -0.3 is 11.1 Å². The van der Waals surface area contributed by atoms with Crippen molar-refractivity contribution in [1.29, 1.82) is 0 Å². The molecular formula is C18H24N2O. The Morgan fingerprint density at radius 2 is 2.19 bits per heavy atom. The summed E-state index contributed by atoms with van der Waals surface area (Å²) in [6.45, 7) is 6.74. The average molecular weight is 284 g/mol. The molecule has 0 saturated heterocycles.